The average molecular weight is 352 g/mol. The number of carbonyl (C=O) groups excluding carboxylic acids is 2. The first kappa shape index (κ1) is 19.1. The van der Waals surface area contributed by atoms with Crippen molar-refractivity contribution in [3.63, 3.8) is 0 Å². The molecule has 26 heavy (non-hydrogen) atoms. The molecule has 0 aliphatic carbocycles. The Balaban J connectivity index is 2.00. The number of carbonyl (C=O) groups is 2. The fraction of sp³-hybridized carbons (Fsp3) is 0.143. The highest BCUT2D eigenvalue weighted by Gasteiger charge is 2.03. The van der Waals surface area contributed by atoms with Crippen LogP contribution >= 0.6 is 0 Å². The molecule has 4 nitrogen and oxygen atoms in total. The lowest BCUT2D eigenvalue weighted by atomic mass is 10.1. The molecule has 0 aliphatic heterocycles. The number of allylic oxidation sites excluding steroid dienone is 1. The lowest BCUT2D eigenvalue weighted by molar-refractivity contribution is -0.111. The van der Waals surface area contributed by atoms with Gasteiger partial charge in [-0.05, 0) is 54.1 Å². The summed E-state index contributed by atoms with van der Waals surface area (Å²) in [5.74, 6) is -0.435. The maximum absolute atomic E-state index is 12.4. The number of nitrogens with zero attached hydrogens (tertiary/aromatic N) is 1. The number of nitrogens with one attached hydrogen (secondary N) is 1. The zero-order valence-electron chi connectivity index (χ0n) is 14.6. The molecule has 1 amide bonds. The van der Waals surface area contributed by atoms with Crippen LogP contribution in [0.25, 0.3) is 6.08 Å². The zero-order valence-corrected chi connectivity index (χ0v) is 14.6. The second-order valence-corrected chi connectivity index (χ2v) is 5.67. The number of hydrogen-bond acceptors (Lipinski definition) is 3. The van der Waals surface area contributed by atoms with Crippen LogP contribution in [0.1, 0.15) is 15.9 Å². The van der Waals surface area contributed by atoms with Crippen molar-refractivity contribution in [3.8, 4) is 0 Å². The molecule has 134 valence electrons. The molecule has 0 spiro atoms. The average Bonchev–Trinajstić information content (AvgIpc) is 2.67. The molecule has 0 fully saturated rings. The molecule has 0 atom stereocenters. The Bertz CT molecular complexity index is 796. The summed E-state index contributed by atoms with van der Waals surface area (Å²) in [4.78, 5) is 25.3. The first-order chi connectivity index (χ1) is 12.5. The maximum Gasteiger partial charge on any atom is 0.247 e. The molecule has 0 saturated heterocycles. The van der Waals surface area contributed by atoms with Crippen LogP contribution in [0.3, 0.4) is 0 Å². The van der Waals surface area contributed by atoms with E-state index in [9.17, 15) is 14.0 Å². The van der Waals surface area contributed by atoms with Crippen molar-refractivity contribution in [1.82, 2.24) is 0 Å². The van der Waals surface area contributed by atoms with E-state index in [-0.39, 0.29) is 11.7 Å². The first-order valence-electron chi connectivity index (χ1n) is 8.16. The quantitative estimate of drug-likeness (QED) is 0.574. The van der Waals surface area contributed by atoms with Gasteiger partial charge in [0.25, 0.3) is 0 Å². The summed E-state index contributed by atoms with van der Waals surface area (Å²) in [5.41, 5.74) is 2.93. The smallest absolute Gasteiger partial charge is 0.247 e. The number of alkyl halides is 1. The molecular weight excluding hydrogens is 331 g/mol. The number of anilines is 2. The number of halogens is 1. The number of amides is 1. The van der Waals surface area contributed by atoms with Crippen molar-refractivity contribution in [2.24, 2.45) is 0 Å². The van der Waals surface area contributed by atoms with Crippen LogP contribution in [0.4, 0.5) is 15.8 Å². The van der Waals surface area contributed by atoms with Crippen LogP contribution < -0.4 is 10.2 Å². The Morgan fingerprint density at radius 3 is 2.35 bits per heavy atom. The molecule has 5 heteroatoms. The van der Waals surface area contributed by atoms with Gasteiger partial charge < -0.3 is 10.2 Å². The zero-order chi connectivity index (χ0) is 18.9. The summed E-state index contributed by atoms with van der Waals surface area (Å²) in [7, 11) is 1.83. The third-order valence-corrected chi connectivity index (χ3v) is 3.80. The van der Waals surface area contributed by atoms with Gasteiger partial charge in [-0.3, -0.25) is 9.59 Å². The number of rotatable bonds is 8. The Morgan fingerprint density at radius 1 is 1.12 bits per heavy atom. The summed E-state index contributed by atoms with van der Waals surface area (Å²) < 4.78 is 12.4. The maximum atomic E-state index is 12.4. The Morgan fingerprint density at radius 2 is 1.77 bits per heavy atom. The molecule has 2 aromatic carbocycles. The van der Waals surface area contributed by atoms with Crippen LogP contribution in [-0.4, -0.2) is 32.0 Å². The van der Waals surface area contributed by atoms with E-state index in [1.807, 2.05) is 36.2 Å². The highest BCUT2D eigenvalue weighted by Crippen LogP contribution is 2.15. The summed E-state index contributed by atoms with van der Waals surface area (Å²) in [6.07, 6.45) is 4.41. The van der Waals surface area contributed by atoms with E-state index >= 15 is 0 Å². The van der Waals surface area contributed by atoms with E-state index in [1.54, 1.807) is 30.3 Å². The summed E-state index contributed by atoms with van der Waals surface area (Å²) in [5, 5.41) is 2.63. The molecule has 2 aromatic rings. The first-order valence-corrected chi connectivity index (χ1v) is 8.16. The van der Waals surface area contributed by atoms with E-state index in [2.05, 4.69) is 11.9 Å². The molecule has 1 N–H and O–H groups in total. The van der Waals surface area contributed by atoms with Gasteiger partial charge in [-0.2, -0.15) is 0 Å². The van der Waals surface area contributed by atoms with Gasteiger partial charge in [0.15, 0.2) is 5.78 Å². The summed E-state index contributed by atoms with van der Waals surface area (Å²) in [6, 6.07) is 14.2. The normalized spacial score (nSPS) is 10.5. The van der Waals surface area contributed by atoms with Crippen molar-refractivity contribution in [3.05, 3.63) is 78.4 Å². The van der Waals surface area contributed by atoms with Crippen LogP contribution in [0.2, 0.25) is 0 Å². The summed E-state index contributed by atoms with van der Waals surface area (Å²) >= 11 is 0. The molecule has 0 aromatic heterocycles. The van der Waals surface area contributed by atoms with Crippen molar-refractivity contribution in [1.29, 1.82) is 0 Å². The standard InChI is InChI=1S/C21H21FN2O2/c1-3-21(26)23-18-9-7-17(8-10-18)20(25)13-6-16-4-11-19(12-5-16)24(2)15-14-22/h3-13H,1,14-15H2,2H3,(H,23,26)/b13-6+. The highest BCUT2D eigenvalue weighted by molar-refractivity contribution is 6.07. The van der Waals surface area contributed by atoms with Gasteiger partial charge in [-0.15, -0.1) is 0 Å². The second kappa shape index (κ2) is 9.32. The van der Waals surface area contributed by atoms with Gasteiger partial charge >= 0.3 is 0 Å². The van der Waals surface area contributed by atoms with Crippen LogP contribution in [0, 0.1) is 0 Å². The van der Waals surface area contributed by atoms with Crippen molar-refractivity contribution in [2.45, 2.75) is 0 Å². The predicted molar refractivity (Wildman–Crippen MR) is 104 cm³/mol. The van der Waals surface area contributed by atoms with Gasteiger partial charge in [0.2, 0.25) is 5.91 Å². The van der Waals surface area contributed by atoms with Gasteiger partial charge in [0.1, 0.15) is 6.67 Å². The number of hydrogen-bond donors (Lipinski definition) is 1. The van der Waals surface area contributed by atoms with E-state index in [1.165, 1.54) is 12.2 Å². The topological polar surface area (TPSA) is 49.4 Å². The third-order valence-electron chi connectivity index (χ3n) is 3.80. The molecule has 0 saturated carbocycles. The minimum absolute atomic E-state index is 0.134. The third kappa shape index (κ3) is 5.41. The molecule has 2 rings (SSSR count). The monoisotopic (exact) mass is 352 g/mol. The Kier molecular flexibility index (Phi) is 6.85. The van der Waals surface area contributed by atoms with Gasteiger partial charge in [0, 0.05) is 30.5 Å². The van der Waals surface area contributed by atoms with Crippen LogP contribution in [-0.2, 0) is 4.79 Å². The molecule has 0 radical (unpaired) electrons. The minimum Gasteiger partial charge on any atom is -0.372 e. The molecule has 0 bridgehead atoms. The SMILES string of the molecule is C=CC(=O)Nc1ccc(C(=O)/C=C/c2ccc(N(C)CCF)cc2)cc1. The minimum atomic E-state index is -0.400. The van der Waals surface area contributed by atoms with E-state index in [4.69, 9.17) is 0 Å². The highest BCUT2D eigenvalue weighted by atomic mass is 19.1. The van der Waals surface area contributed by atoms with Crippen molar-refractivity contribution < 1.29 is 14.0 Å². The van der Waals surface area contributed by atoms with E-state index in [0.717, 1.165) is 11.3 Å². The number of ketones is 1. The largest absolute Gasteiger partial charge is 0.372 e. The second-order valence-electron chi connectivity index (χ2n) is 5.67. The predicted octanol–water partition coefficient (Wildman–Crippen LogP) is 4.11. The number of benzene rings is 2. The fourth-order valence-corrected chi connectivity index (χ4v) is 2.28. The molecule has 0 heterocycles. The molecule has 0 unspecified atom stereocenters. The van der Waals surface area contributed by atoms with Gasteiger partial charge in [0.05, 0.1) is 0 Å². The van der Waals surface area contributed by atoms with Crippen LogP contribution in [0.5, 0.6) is 0 Å². The van der Waals surface area contributed by atoms with E-state index in [0.29, 0.717) is 17.8 Å². The van der Waals surface area contributed by atoms with Crippen molar-refractivity contribution in [2.75, 3.05) is 30.5 Å². The molecular formula is C21H21FN2O2. The Hall–Kier alpha value is -3.21. The fourth-order valence-electron chi connectivity index (χ4n) is 2.28. The summed E-state index contributed by atoms with van der Waals surface area (Å²) in [6.45, 7) is 3.33. The van der Waals surface area contributed by atoms with Crippen molar-refractivity contribution >= 4 is 29.1 Å². The van der Waals surface area contributed by atoms with Gasteiger partial charge in [-0.1, -0.05) is 24.8 Å². The van der Waals surface area contributed by atoms with Gasteiger partial charge in [-0.25, -0.2) is 4.39 Å². The lowest BCUT2D eigenvalue weighted by Crippen LogP contribution is -2.19. The van der Waals surface area contributed by atoms with E-state index < -0.39 is 6.67 Å². The lowest BCUT2D eigenvalue weighted by Gasteiger charge is -2.17. The van der Waals surface area contributed by atoms with Crippen LogP contribution in [0.15, 0.2) is 67.3 Å². The molecule has 0 aliphatic rings. The Labute approximate surface area is 152 Å².